The van der Waals surface area contributed by atoms with Crippen LogP contribution in [0.3, 0.4) is 0 Å². The normalized spacial score (nSPS) is 10.3. The summed E-state index contributed by atoms with van der Waals surface area (Å²) in [6, 6.07) is 15.5. The lowest BCUT2D eigenvalue weighted by Gasteiger charge is -2.10. The number of aromatic nitrogens is 2. The molecule has 3 aromatic rings. The molecule has 5 nitrogen and oxygen atoms in total. The Hall–Kier alpha value is -3.08. The minimum atomic E-state index is 0.698. The highest BCUT2D eigenvalue weighted by molar-refractivity contribution is 5.71. The molecule has 0 atom stereocenters. The maximum absolute atomic E-state index is 5.94. The van der Waals surface area contributed by atoms with Crippen molar-refractivity contribution in [3.05, 3.63) is 60.4 Å². The second-order valence-corrected chi connectivity index (χ2v) is 5.19. The van der Waals surface area contributed by atoms with E-state index in [0.717, 1.165) is 33.9 Å². The summed E-state index contributed by atoms with van der Waals surface area (Å²) in [5, 5.41) is 3.25. The number of hydrogen-bond donors (Lipinski definition) is 2. The zero-order chi connectivity index (χ0) is 16.2. The molecule has 2 aromatic carbocycles. The minimum Gasteiger partial charge on any atom is -0.496 e. The van der Waals surface area contributed by atoms with Crippen LogP contribution < -0.4 is 15.8 Å². The first-order valence-electron chi connectivity index (χ1n) is 7.26. The van der Waals surface area contributed by atoms with Gasteiger partial charge in [0.05, 0.1) is 12.8 Å². The largest absolute Gasteiger partial charge is 0.496 e. The third-order valence-electron chi connectivity index (χ3n) is 3.60. The van der Waals surface area contributed by atoms with Gasteiger partial charge >= 0.3 is 0 Å². The first kappa shape index (κ1) is 14.8. The summed E-state index contributed by atoms with van der Waals surface area (Å²) in [4.78, 5) is 8.60. The molecule has 116 valence electrons. The molecule has 0 saturated heterocycles. The van der Waals surface area contributed by atoms with Crippen molar-refractivity contribution in [2.24, 2.45) is 0 Å². The number of nitrogens with zero attached hydrogens (tertiary/aromatic N) is 2. The number of para-hydroxylation sites is 1. The Morgan fingerprint density at radius 1 is 1.04 bits per heavy atom. The predicted octanol–water partition coefficient (Wildman–Crippen LogP) is 3.79. The molecule has 0 aliphatic heterocycles. The van der Waals surface area contributed by atoms with Crippen LogP contribution in [0.15, 0.2) is 54.9 Å². The van der Waals surface area contributed by atoms with Gasteiger partial charge in [0.25, 0.3) is 0 Å². The van der Waals surface area contributed by atoms with Gasteiger partial charge in [0, 0.05) is 23.0 Å². The molecule has 5 heteroatoms. The van der Waals surface area contributed by atoms with Crippen molar-refractivity contribution in [2.75, 3.05) is 18.2 Å². The van der Waals surface area contributed by atoms with Crippen LogP contribution >= 0.6 is 0 Å². The quantitative estimate of drug-likeness (QED) is 0.717. The highest BCUT2D eigenvalue weighted by Crippen LogP contribution is 2.29. The zero-order valence-electron chi connectivity index (χ0n) is 13.1. The predicted molar refractivity (Wildman–Crippen MR) is 92.9 cm³/mol. The van der Waals surface area contributed by atoms with Gasteiger partial charge in [-0.3, -0.25) is 0 Å². The summed E-state index contributed by atoms with van der Waals surface area (Å²) >= 11 is 0. The molecule has 3 rings (SSSR count). The number of nitrogens with two attached hydrogens (primary N) is 1. The molecule has 1 aromatic heterocycles. The lowest BCUT2D eigenvalue weighted by atomic mass is 10.1. The Morgan fingerprint density at radius 3 is 2.65 bits per heavy atom. The Bertz CT molecular complexity index is 833. The van der Waals surface area contributed by atoms with Gasteiger partial charge in [-0.1, -0.05) is 18.2 Å². The summed E-state index contributed by atoms with van der Waals surface area (Å²) in [7, 11) is 1.65. The molecule has 0 aliphatic rings. The third-order valence-corrected chi connectivity index (χ3v) is 3.60. The Labute approximate surface area is 135 Å². The maximum Gasteiger partial charge on any atom is 0.134 e. The van der Waals surface area contributed by atoms with E-state index in [2.05, 4.69) is 15.3 Å². The van der Waals surface area contributed by atoms with Crippen molar-refractivity contribution in [1.29, 1.82) is 0 Å². The number of nitrogen functional groups attached to an aromatic ring is 1. The van der Waals surface area contributed by atoms with E-state index in [1.165, 1.54) is 6.33 Å². The van der Waals surface area contributed by atoms with E-state index in [1.807, 2.05) is 55.5 Å². The van der Waals surface area contributed by atoms with Gasteiger partial charge < -0.3 is 15.8 Å². The van der Waals surface area contributed by atoms with E-state index < -0.39 is 0 Å². The van der Waals surface area contributed by atoms with Crippen molar-refractivity contribution in [2.45, 2.75) is 6.92 Å². The second-order valence-electron chi connectivity index (χ2n) is 5.19. The molecule has 0 spiro atoms. The van der Waals surface area contributed by atoms with Gasteiger partial charge in [-0.15, -0.1) is 0 Å². The smallest absolute Gasteiger partial charge is 0.134 e. The van der Waals surface area contributed by atoms with E-state index >= 15 is 0 Å². The fourth-order valence-corrected chi connectivity index (χ4v) is 2.30. The average Bonchev–Trinajstić information content (AvgIpc) is 2.58. The summed E-state index contributed by atoms with van der Waals surface area (Å²) in [5.41, 5.74) is 10.3. The van der Waals surface area contributed by atoms with E-state index in [1.54, 1.807) is 7.11 Å². The number of nitrogens with one attached hydrogen (secondary N) is 1. The Kier molecular flexibility index (Phi) is 4.10. The van der Waals surface area contributed by atoms with E-state index in [4.69, 9.17) is 10.5 Å². The topological polar surface area (TPSA) is 73.1 Å². The number of rotatable bonds is 4. The molecule has 1 heterocycles. The first-order chi connectivity index (χ1) is 11.2. The van der Waals surface area contributed by atoms with Gasteiger partial charge in [0.15, 0.2) is 0 Å². The van der Waals surface area contributed by atoms with Crippen LogP contribution in [-0.2, 0) is 0 Å². The van der Waals surface area contributed by atoms with E-state index in [0.29, 0.717) is 5.82 Å². The molecule has 0 amide bonds. The number of methoxy groups -OCH3 is 1. The van der Waals surface area contributed by atoms with Crippen LogP contribution in [0.25, 0.3) is 11.3 Å². The molecule has 3 N–H and O–H groups in total. The second kappa shape index (κ2) is 6.36. The van der Waals surface area contributed by atoms with Gasteiger partial charge in [-0.25, -0.2) is 9.97 Å². The molecule has 0 fully saturated rings. The molecule has 0 bridgehead atoms. The van der Waals surface area contributed by atoms with Crippen LogP contribution in [0.4, 0.5) is 17.2 Å². The SMILES string of the molecule is COc1ccccc1-c1cc(Nc2ccc(C)c(N)c2)ncn1. The monoisotopic (exact) mass is 306 g/mol. The van der Waals surface area contributed by atoms with Crippen LogP contribution in [-0.4, -0.2) is 17.1 Å². The number of benzene rings is 2. The zero-order valence-corrected chi connectivity index (χ0v) is 13.1. The van der Waals surface area contributed by atoms with Gasteiger partial charge in [0.1, 0.15) is 17.9 Å². The van der Waals surface area contributed by atoms with Crippen LogP contribution in [0, 0.1) is 6.92 Å². The number of aryl methyl sites for hydroxylation is 1. The average molecular weight is 306 g/mol. The van der Waals surface area contributed by atoms with Gasteiger partial charge in [-0.05, 0) is 36.8 Å². The van der Waals surface area contributed by atoms with Gasteiger partial charge in [0.2, 0.25) is 0 Å². The standard InChI is InChI=1S/C18H18N4O/c1-12-7-8-13(9-15(12)19)22-18-10-16(20-11-21-18)14-5-3-4-6-17(14)23-2/h3-11H,19H2,1-2H3,(H,20,21,22). The van der Waals surface area contributed by atoms with Crippen LogP contribution in [0.1, 0.15) is 5.56 Å². The fourth-order valence-electron chi connectivity index (χ4n) is 2.30. The Balaban J connectivity index is 1.92. The van der Waals surface area contributed by atoms with Crippen molar-refractivity contribution < 1.29 is 4.74 Å². The lowest BCUT2D eigenvalue weighted by molar-refractivity contribution is 0.416. The van der Waals surface area contributed by atoms with Crippen molar-refractivity contribution in [3.8, 4) is 17.0 Å². The van der Waals surface area contributed by atoms with Crippen molar-refractivity contribution in [3.63, 3.8) is 0 Å². The highest BCUT2D eigenvalue weighted by atomic mass is 16.5. The summed E-state index contributed by atoms with van der Waals surface area (Å²) in [5.74, 6) is 1.47. The maximum atomic E-state index is 5.94. The highest BCUT2D eigenvalue weighted by Gasteiger charge is 2.08. The number of ether oxygens (including phenoxy) is 1. The number of hydrogen-bond acceptors (Lipinski definition) is 5. The fraction of sp³-hybridized carbons (Fsp3) is 0.111. The van der Waals surface area contributed by atoms with E-state index in [9.17, 15) is 0 Å². The molecule has 23 heavy (non-hydrogen) atoms. The number of anilines is 3. The van der Waals surface area contributed by atoms with Crippen molar-refractivity contribution >= 4 is 17.2 Å². The summed E-state index contributed by atoms with van der Waals surface area (Å²) < 4.78 is 5.39. The summed E-state index contributed by atoms with van der Waals surface area (Å²) in [6.07, 6.45) is 1.53. The third kappa shape index (κ3) is 3.23. The Morgan fingerprint density at radius 2 is 1.87 bits per heavy atom. The molecule has 0 aliphatic carbocycles. The first-order valence-corrected chi connectivity index (χ1v) is 7.26. The van der Waals surface area contributed by atoms with E-state index in [-0.39, 0.29) is 0 Å². The van der Waals surface area contributed by atoms with Crippen LogP contribution in [0.5, 0.6) is 5.75 Å². The molecular weight excluding hydrogens is 288 g/mol. The van der Waals surface area contributed by atoms with Crippen LogP contribution in [0.2, 0.25) is 0 Å². The molecule has 0 radical (unpaired) electrons. The van der Waals surface area contributed by atoms with Crippen molar-refractivity contribution in [1.82, 2.24) is 9.97 Å². The molecule has 0 unspecified atom stereocenters. The molecule has 0 saturated carbocycles. The van der Waals surface area contributed by atoms with Gasteiger partial charge in [-0.2, -0.15) is 0 Å². The minimum absolute atomic E-state index is 0.698. The lowest BCUT2D eigenvalue weighted by Crippen LogP contribution is -1.98. The molecular formula is C18H18N4O. The summed E-state index contributed by atoms with van der Waals surface area (Å²) in [6.45, 7) is 1.98.